The van der Waals surface area contributed by atoms with E-state index in [9.17, 15) is 13.5 Å². The van der Waals surface area contributed by atoms with Crippen LogP contribution in [0, 0.1) is 6.92 Å². The summed E-state index contributed by atoms with van der Waals surface area (Å²) in [6.45, 7) is 11.3. The number of aliphatic hydroxyl groups is 1. The first-order chi connectivity index (χ1) is 15.4. The molecule has 0 spiro atoms. The lowest BCUT2D eigenvalue weighted by Crippen LogP contribution is -2.61. The Hall–Kier alpha value is -1.77. The van der Waals surface area contributed by atoms with Gasteiger partial charge in [0.25, 0.3) is 10.1 Å². The molecule has 1 aliphatic heterocycles. The SMILES string of the molecule is Cc1ccc(S(=O)(=O)OCC(O)COC2CC(C)(C)N(Cc3ccccc3)C(C)(C)C2)cc1. The fourth-order valence-corrected chi connectivity index (χ4v) is 5.72. The maximum Gasteiger partial charge on any atom is 0.297 e. The van der Waals surface area contributed by atoms with Gasteiger partial charge in [-0.15, -0.1) is 0 Å². The molecular weight excluding hydrogens is 438 g/mol. The van der Waals surface area contributed by atoms with Gasteiger partial charge in [0.1, 0.15) is 6.10 Å². The molecule has 2 aromatic carbocycles. The second-order valence-corrected chi connectivity index (χ2v) is 11.9. The van der Waals surface area contributed by atoms with Crippen molar-refractivity contribution in [3.8, 4) is 0 Å². The quantitative estimate of drug-likeness (QED) is 0.545. The summed E-state index contributed by atoms with van der Waals surface area (Å²) in [4.78, 5) is 2.60. The van der Waals surface area contributed by atoms with Crippen LogP contribution in [-0.4, -0.2) is 54.9 Å². The van der Waals surface area contributed by atoms with Crippen molar-refractivity contribution < 1.29 is 22.4 Å². The predicted octanol–water partition coefficient (Wildman–Crippen LogP) is 4.30. The lowest BCUT2D eigenvalue weighted by Gasteiger charge is -2.55. The highest BCUT2D eigenvalue weighted by molar-refractivity contribution is 7.86. The summed E-state index contributed by atoms with van der Waals surface area (Å²) in [5.41, 5.74) is 2.04. The molecule has 1 N–H and O–H groups in total. The minimum atomic E-state index is -3.91. The topological polar surface area (TPSA) is 76.1 Å². The van der Waals surface area contributed by atoms with Crippen molar-refractivity contribution in [1.82, 2.24) is 4.90 Å². The number of hydrogen-bond donors (Lipinski definition) is 1. The van der Waals surface area contributed by atoms with Gasteiger partial charge in [0.05, 0.1) is 24.2 Å². The summed E-state index contributed by atoms with van der Waals surface area (Å²) in [7, 11) is -3.91. The van der Waals surface area contributed by atoms with Crippen LogP contribution in [0.15, 0.2) is 59.5 Å². The molecule has 0 aromatic heterocycles. The third-order valence-corrected chi connectivity index (χ3v) is 7.64. The largest absolute Gasteiger partial charge is 0.388 e. The Morgan fingerprint density at radius 3 is 2.12 bits per heavy atom. The van der Waals surface area contributed by atoms with Crippen LogP contribution in [0.3, 0.4) is 0 Å². The van der Waals surface area contributed by atoms with E-state index < -0.39 is 16.2 Å². The summed E-state index contributed by atoms with van der Waals surface area (Å²) in [6.07, 6.45) is 0.570. The van der Waals surface area contributed by atoms with Crippen LogP contribution in [-0.2, 0) is 25.6 Å². The van der Waals surface area contributed by atoms with Crippen LogP contribution in [0.5, 0.6) is 0 Å². The van der Waals surface area contributed by atoms with Gasteiger partial charge >= 0.3 is 0 Å². The van der Waals surface area contributed by atoms with Crippen LogP contribution < -0.4 is 0 Å². The average molecular weight is 476 g/mol. The van der Waals surface area contributed by atoms with Crippen molar-refractivity contribution in [3.05, 3.63) is 65.7 Å². The predicted molar refractivity (Wildman–Crippen MR) is 129 cm³/mol. The Morgan fingerprint density at radius 2 is 1.55 bits per heavy atom. The highest BCUT2D eigenvalue weighted by Gasteiger charge is 2.45. The minimum Gasteiger partial charge on any atom is -0.388 e. The van der Waals surface area contributed by atoms with E-state index in [1.165, 1.54) is 17.7 Å². The Labute approximate surface area is 198 Å². The van der Waals surface area contributed by atoms with Gasteiger partial charge in [-0.3, -0.25) is 9.08 Å². The van der Waals surface area contributed by atoms with E-state index in [2.05, 4.69) is 56.9 Å². The van der Waals surface area contributed by atoms with Crippen LogP contribution in [0.4, 0.5) is 0 Å². The van der Waals surface area contributed by atoms with E-state index in [0.29, 0.717) is 0 Å². The summed E-state index contributed by atoms with van der Waals surface area (Å²) < 4.78 is 35.8. The summed E-state index contributed by atoms with van der Waals surface area (Å²) in [5.74, 6) is 0. The molecule has 1 atom stereocenters. The van der Waals surface area contributed by atoms with Crippen molar-refractivity contribution in [2.45, 2.75) is 82.2 Å². The van der Waals surface area contributed by atoms with Gasteiger partial charge in [0.15, 0.2) is 0 Å². The third kappa shape index (κ3) is 6.87. The number of ether oxygens (including phenoxy) is 1. The number of aliphatic hydroxyl groups excluding tert-OH is 1. The fraction of sp³-hybridized carbons (Fsp3) is 0.538. The molecule has 1 heterocycles. The van der Waals surface area contributed by atoms with Crippen molar-refractivity contribution >= 4 is 10.1 Å². The molecule has 1 fully saturated rings. The van der Waals surface area contributed by atoms with Crippen LogP contribution >= 0.6 is 0 Å². The monoisotopic (exact) mass is 475 g/mol. The Morgan fingerprint density at radius 1 is 0.970 bits per heavy atom. The van der Waals surface area contributed by atoms with Crippen molar-refractivity contribution in [3.63, 3.8) is 0 Å². The molecule has 0 radical (unpaired) electrons. The first kappa shape index (κ1) is 25.8. The Balaban J connectivity index is 1.53. The molecule has 33 heavy (non-hydrogen) atoms. The van der Waals surface area contributed by atoms with E-state index in [4.69, 9.17) is 8.92 Å². The van der Waals surface area contributed by atoms with Gasteiger partial charge in [-0.1, -0.05) is 48.0 Å². The first-order valence-electron chi connectivity index (χ1n) is 11.5. The van der Waals surface area contributed by atoms with E-state index in [0.717, 1.165) is 24.9 Å². The molecule has 6 nitrogen and oxygen atoms in total. The highest BCUT2D eigenvalue weighted by atomic mass is 32.2. The molecule has 7 heteroatoms. The van der Waals surface area contributed by atoms with E-state index in [-0.39, 0.29) is 35.3 Å². The molecule has 182 valence electrons. The zero-order chi connectivity index (χ0) is 24.3. The lowest BCUT2D eigenvalue weighted by atomic mass is 9.77. The Kier molecular flexibility index (Phi) is 8.02. The van der Waals surface area contributed by atoms with Crippen LogP contribution in [0.2, 0.25) is 0 Å². The number of likely N-dealkylation sites (tertiary alicyclic amines) is 1. The van der Waals surface area contributed by atoms with Gasteiger partial charge in [0.2, 0.25) is 0 Å². The standard InChI is InChI=1S/C26H37NO5S/c1-20-11-13-24(14-12-20)33(29,30)32-19-22(28)18-31-23-15-25(2,3)27(26(4,5)16-23)17-21-9-7-6-8-10-21/h6-14,22-23,28H,15-19H2,1-5H3. The van der Waals surface area contributed by atoms with Gasteiger partial charge in [-0.2, -0.15) is 8.42 Å². The van der Waals surface area contributed by atoms with Gasteiger partial charge in [0, 0.05) is 17.6 Å². The normalized spacial score (nSPS) is 19.9. The molecule has 1 saturated heterocycles. The number of nitrogens with zero attached hydrogens (tertiary/aromatic N) is 1. The van der Waals surface area contributed by atoms with Gasteiger partial charge in [-0.05, 0) is 65.2 Å². The van der Waals surface area contributed by atoms with Gasteiger partial charge in [-0.25, -0.2) is 0 Å². The number of benzene rings is 2. The number of hydrogen-bond acceptors (Lipinski definition) is 6. The molecule has 3 rings (SSSR count). The van der Waals surface area contributed by atoms with Crippen molar-refractivity contribution in [2.75, 3.05) is 13.2 Å². The number of piperidine rings is 1. The third-order valence-electron chi connectivity index (χ3n) is 6.35. The number of aryl methyl sites for hydroxylation is 1. The minimum absolute atomic E-state index is 0.0267. The molecule has 0 saturated carbocycles. The zero-order valence-electron chi connectivity index (χ0n) is 20.3. The molecule has 1 unspecified atom stereocenters. The molecule has 0 amide bonds. The van der Waals surface area contributed by atoms with Crippen LogP contribution in [0.1, 0.15) is 51.7 Å². The molecule has 1 aliphatic rings. The van der Waals surface area contributed by atoms with E-state index in [1.807, 2.05) is 13.0 Å². The van der Waals surface area contributed by atoms with Crippen LogP contribution in [0.25, 0.3) is 0 Å². The van der Waals surface area contributed by atoms with Gasteiger partial charge < -0.3 is 9.84 Å². The summed E-state index contributed by atoms with van der Waals surface area (Å²) >= 11 is 0. The molecule has 0 aliphatic carbocycles. The van der Waals surface area contributed by atoms with Crippen molar-refractivity contribution in [2.24, 2.45) is 0 Å². The van der Waals surface area contributed by atoms with E-state index in [1.54, 1.807) is 12.1 Å². The second kappa shape index (κ2) is 10.2. The zero-order valence-corrected chi connectivity index (χ0v) is 21.1. The summed E-state index contributed by atoms with van der Waals surface area (Å²) in [5, 5.41) is 10.3. The van der Waals surface area contributed by atoms with E-state index >= 15 is 0 Å². The Bertz CT molecular complexity index is 985. The second-order valence-electron chi connectivity index (χ2n) is 10.3. The maximum atomic E-state index is 12.3. The maximum absolute atomic E-state index is 12.3. The number of rotatable bonds is 9. The molecule has 0 bridgehead atoms. The molecule has 2 aromatic rings. The van der Waals surface area contributed by atoms with Crippen molar-refractivity contribution in [1.29, 1.82) is 0 Å². The first-order valence-corrected chi connectivity index (χ1v) is 12.9. The lowest BCUT2D eigenvalue weighted by molar-refractivity contribution is -0.121. The smallest absolute Gasteiger partial charge is 0.297 e. The fourth-order valence-electron chi connectivity index (χ4n) is 4.77. The highest BCUT2D eigenvalue weighted by Crippen LogP contribution is 2.40. The molecular formula is C26H37NO5S. The summed E-state index contributed by atoms with van der Waals surface area (Å²) in [6, 6.07) is 16.9. The average Bonchev–Trinajstić information content (AvgIpc) is 2.74.